The second kappa shape index (κ2) is 5.14. The zero-order chi connectivity index (χ0) is 12.4. The van der Waals surface area contributed by atoms with Gasteiger partial charge in [0, 0.05) is 16.4 Å². The van der Waals surface area contributed by atoms with Crippen molar-refractivity contribution in [2.24, 2.45) is 0 Å². The molecule has 0 atom stereocenters. The Hall–Kier alpha value is -0.940. The quantitative estimate of drug-likeness (QED) is 0.833. The summed E-state index contributed by atoms with van der Waals surface area (Å²) < 4.78 is 14.6. The highest BCUT2D eigenvalue weighted by Crippen LogP contribution is 2.26. The number of anilines is 2. The number of aromatic nitrogens is 1. The zero-order valence-electron chi connectivity index (χ0n) is 8.97. The second-order valence-corrected chi connectivity index (χ2v) is 5.34. The van der Waals surface area contributed by atoms with Crippen molar-refractivity contribution in [1.82, 2.24) is 4.98 Å². The molecule has 88 valence electrons. The first-order valence-corrected chi connectivity index (χ1v) is 6.49. The Morgan fingerprint density at radius 1 is 1.24 bits per heavy atom. The van der Waals surface area contributed by atoms with Gasteiger partial charge in [0.15, 0.2) is 0 Å². The third kappa shape index (κ3) is 3.04. The van der Waals surface area contributed by atoms with Crippen LogP contribution in [0.1, 0.15) is 5.56 Å². The van der Waals surface area contributed by atoms with E-state index < -0.39 is 0 Å². The number of rotatable bonds is 2. The minimum Gasteiger partial charge on any atom is -0.340 e. The summed E-state index contributed by atoms with van der Waals surface area (Å²) >= 11 is 6.48. The van der Waals surface area contributed by atoms with Crippen molar-refractivity contribution >= 4 is 43.4 Å². The van der Waals surface area contributed by atoms with Gasteiger partial charge < -0.3 is 5.32 Å². The second-order valence-electron chi connectivity index (χ2n) is 3.57. The molecule has 0 amide bonds. The molecule has 17 heavy (non-hydrogen) atoms. The molecule has 0 spiro atoms. The molecule has 0 unspecified atom stereocenters. The van der Waals surface area contributed by atoms with Crippen LogP contribution in [0, 0.1) is 12.7 Å². The number of hydrogen-bond acceptors (Lipinski definition) is 2. The van der Waals surface area contributed by atoms with Gasteiger partial charge in [-0.25, -0.2) is 9.37 Å². The van der Waals surface area contributed by atoms with E-state index in [4.69, 9.17) is 0 Å². The number of aryl methyl sites for hydroxylation is 1. The minimum atomic E-state index is -0.267. The molecule has 1 N–H and O–H groups in total. The average molecular weight is 360 g/mol. The maximum Gasteiger partial charge on any atom is 0.137 e. The van der Waals surface area contributed by atoms with E-state index in [9.17, 15) is 4.39 Å². The van der Waals surface area contributed by atoms with E-state index >= 15 is 0 Å². The van der Waals surface area contributed by atoms with Crippen molar-refractivity contribution in [2.45, 2.75) is 6.92 Å². The van der Waals surface area contributed by atoms with Crippen LogP contribution in [0.2, 0.25) is 0 Å². The van der Waals surface area contributed by atoms with E-state index in [1.54, 1.807) is 12.3 Å². The molecule has 0 aliphatic heterocycles. The smallest absolute Gasteiger partial charge is 0.137 e. The largest absolute Gasteiger partial charge is 0.340 e. The summed E-state index contributed by atoms with van der Waals surface area (Å²) in [5, 5.41) is 3.14. The molecular formula is C12H9Br2FN2. The molecule has 0 saturated heterocycles. The van der Waals surface area contributed by atoms with Gasteiger partial charge in [0.1, 0.15) is 11.6 Å². The SMILES string of the molecule is Cc1cc(F)c(Br)cc1Nc1ccc(Br)cn1. The molecule has 0 bridgehead atoms. The third-order valence-corrected chi connectivity index (χ3v) is 3.33. The molecule has 2 rings (SSSR count). The highest BCUT2D eigenvalue weighted by atomic mass is 79.9. The van der Waals surface area contributed by atoms with E-state index in [0.717, 1.165) is 21.5 Å². The van der Waals surface area contributed by atoms with Crippen LogP contribution in [0.3, 0.4) is 0 Å². The number of hydrogen-bond donors (Lipinski definition) is 1. The number of nitrogens with zero attached hydrogens (tertiary/aromatic N) is 1. The molecule has 2 nitrogen and oxygen atoms in total. The Morgan fingerprint density at radius 3 is 2.65 bits per heavy atom. The van der Waals surface area contributed by atoms with Gasteiger partial charge in [-0.3, -0.25) is 0 Å². The lowest BCUT2D eigenvalue weighted by molar-refractivity contribution is 0.620. The Morgan fingerprint density at radius 2 is 2.00 bits per heavy atom. The monoisotopic (exact) mass is 358 g/mol. The van der Waals surface area contributed by atoms with E-state index in [-0.39, 0.29) is 5.82 Å². The third-order valence-electron chi connectivity index (χ3n) is 2.26. The number of nitrogens with one attached hydrogen (secondary N) is 1. The van der Waals surface area contributed by atoms with Gasteiger partial charge in [0.25, 0.3) is 0 Å². The van der Waals surface area contributed by atoms with Gasteiger partial charge in [-0.2, -0.15) is 0 Å². The predicted molar refractivity (Wildman–Crippen MR) is 74.1 cm³/mol. The first-order valence-electron chi connectivity index (χ1n) is 4.90. The predicted octanol–water partition coefficient (Wildman–Crippen LogP) is 4.80. The maximum atomic E-state index is 13.3. The van der Waals surface area contributed by atoms with Crippen LogP contribution in [-0.4, -0.2) is 4.98 Å². The molecule has 1 aromatic carbocycles. The minimum absolute atomic E-state index is 0.267. The fourth-order valence-electron chi connectivity index (χ4n) is 1.37. The Balaban J connectivity index is 2.30. The fourth-order valence-corrected chi connectivity index (χ4v) is 1.95. The molecule has 1 aromatic heterocycles. The lowest BCUT2D eigenvalue weighted by Crippen LogP contribution is -1.96. The van der Waals surface area contributed by atoms with Crippen molar-refractivity contribution in [3.63, 3.8) is 0 Å². The molecule has 0 radical (unpaired) electrons. The maximum absolute atomic E-state index is 13.3. The lowest BCUT2D eigenvalue weighted by atomic mass is 10.2. The molecule has 0 aliphatic carbocycles. The van der Waals surface area contributed by atoms with Crippen LogP contribution in [0.4, 0.5) is 15.9 Å². The summed E-state index contributed by atoms with van der Waals surface area (Å²) in [6.45, 7) is 1.84. The van der Waals surface area contributed by atoms with Crippen molar-refractivity contribution in [2.75, 3.05) is 5.32 Å². The van der Waals surface area contributed by atoms with Gasteiger partial charge in [0.2, 0.25) is 0 Å². The average Bonchev–Trinajstić information content (AvgIpc) is 2.29. The van der Waals surface area contributed by atoms with Crippen molar-refractivity contribution in [1.29, 1.82) is 0 Å². The molecule has 0 aliphatic rings. The highest BCUT2D eigenvalue weighted by Gasteiger charge is 2.05. The normalized spacial score (nSPS) is 10.4. The molecule has 1 heterocycles. The van der Waals surface area contributed by atoms with Gasteiger partial charge in [-0.1, -0.05) is 0 Å². The standard InChI is InChI=1S/C12H9Br2FN2/c1-7-4-10(15)9(14)5-11(7)17-12-3-2-8(13)6-16-12/h2-6H,1H3,(H,16,17). The molecule has 0 fully saturated rings. The molecule has 2 aromatic rings. The Kier molecular flexibility index (Phi) is 3.79. The number of benzene rings is 1. The summed E-state index contributed by atoms with van der Waals surface area (Å²) in [6.07, 6.45) is 1.70. The van der Waals surface area contributed by atoms with Crippen LogP contribution in [-0.2, 0) is 0 Å². The summed E-state index contributed by atoms with van der Waals surface area (Å²) in [6, 6.07) is 6.92. The topological polar surface area (TPSA) is 24.9 Å². The highest BCUT2D eigenvalue weighted by molar-refractivity contribution is 9.10. The Bertz CT molecular complexity index is 541. The van der Waals surface area contributed by atoms with E-state index in [1.807, 2.05) is 19.1 Å². The molecule has 0 saturated carbocycles. The first-order chi connectivity index (χ1) is 8.06. The van der Waals surface area contributed by atoms with Crippen molar-refractivity contribution < 1.29 is 4.39 Å². The van der Waals surface area contributed by atoms with Crippen LogP contribution < -0.4 is 5.32 Å². The summed E-state index contributed by atoms with van der Waals surface area (Å²) in [5.74, 6) is 0.451. The first kappa shape index (κ1) is 12.5. The zero-order valence-corrected chi connectivity index (χ0v) is 12.1. The van der Waals surface area contributed by atoms with Crippen LogP contribution in [0.5, 0.6) is 0 Å². The van der Waals surface area contributed by atoms with E-state index in [1.165, 1.54) is 6.07 Å². The summed E-state index contributed by atoms with van der Waals surface area (Å²) in [7, 11) is 0. The number of halogens is 3. The van der Waals surface area contributed by atoms with E-state index in [0.29, 0.717) is 4.47 Å². The van der Waals surface area contributed by atoms with Gasteiger partial charge in [-0.05, 0) is 68.6 Å². The van der Waals surface area contributed by atoms with Gasteiger partial charge >= 0.3 is 0 Å². The van der Waals surface area contributed by atoms with Crippen LogP contribution >= 0.6 is 31.9 Å². The van der Waals surface area contributed by atoms with Crippen molar-refractivity contribution in [3.8, 4) is 0 Å². The van der Waals surface area contributed by atoms with Gasteiger partial charge in [-0.15, -0.1) is 0 Å². The summed E-state index contributed by atoms with van der Waals surface area (Å²) in [5.41, 5.74) is 1.66. The lowest BCUT2D eigenvalue weighted by Gasteiger charge is -2.09. The molecule has 5 heteroatoms. The van der Waals surface area contributed by atoms with Gasteiger partial charge in [0.05, 0.1) is 4.47 Å². The van der Waals surface area contributed by atoms with Crippen molar-refractivity contribution in [3.05, 3.63) is 50.8 Å². The Labute approximate surface area is 116 Å². The van der Waals surface area contributed by atoms with Crippen LogP contribution in [0.15, 0.2) is 39.4 Å². The van der Waals surface area contributed by atoms with E-state index in [2.05, 4.69) is 42.2 Å². The fraction of sp³-hybridized carbons (Fsp3) is 0.0833. The van der Waals surface area contributed by atoms with Crippen LogP contribution in [0.25, 0.3) is 0 Å². The number of pyridine rings is 1. The summed E-state index contributed by atoms with van der Waals surface area (Å²) in [4.78, 5) is 4.20. The molecular weight excluding hydrogens is 351 g/mol.